The summed E-state index contributed by atoms with van der Waals surface area (Å²) in [6.07, 6.45) is 0. The molecule has 0 unspecified atom stereocenters. The summed E-state index contributed by atoms with van der Waals surface area (Å²) in [6.45, 7) is 0. The first-order chi connectivity index (χ1) is 0. The van der Waals surface area contributed by atoms with Crippen molar-refractivity contribution in [3.8, 4) is 0 Å². The summed E-state index contributed by atoms with van der Waals surface area (Å²) in [7, 11) is 0. The van der Waals surface area contributed by atoms with Crippen molar-refractivity contribution in [1.29, 1.82) is 0 Å². The van der Waals surface area contributed by atoms with Crippen LogP contribution >= 0.6 is 0 Å². The Kier molecular flexibility index (Phi) is 111. The van der Waals surface area contributed by atoms with Gasteiger partial charge in [-0.1, -0.05) is 0 Å². The van der Waals surface area contributed by atoms with E-state index in [4.69, 9.17) is 0 Å². The first-order valence-corrected chi connectivity index (χ1v) is 0. The van der Waals surface area contributed by atoms with Gasteiger partial charge in [0.1, 0.15) is 0 Å². The molecule has 0 aromatic heterocycles. The zero-order valence-electron chi connectivity index (χ0n) is 2.91. The largest absolute Gasteiger partial charge is 2.00 e. The third-order valence-electron chi connectivity index (χ3n) is 0. The summed E-state index contributed by atoms with van der Waals surface area (Å²) in [6, 6.07) is 0. The second-order valence-corrected chi connectivity index (χ2v) is 0. The van der Waals surface area contributed by atoms with Gasteiger partial charge >= 0.3 is 103 Å². The van der Waals surface area contributed by atoms with Crippen LogP contribution in [0.4, 0.5) is 0 Å². The van der Waals surface area contributed by atoms with Crippen molar-refractivity contribution in [3.63, 3.8) is 0 Å². The predicted molar refractivity (Wildman–Crippen MR) is 4.30 cm³/mol. The molecule has 0 aliphatic heterocycles. The van der Waals surface area contributed by atoms with Gasteiger partial charge in [-0.05, 0) is 0 Å². The van der Waals surface area contributed by atoms with Gasteiger partial charge in [-0.15, -0.1) is 0 Å². The minimum absolute atomic E-state index is 0. The molecule has 4 heteroatoms. The molecular weight excluding hydrogens is 110 g/mol. The molecule has 2 nitrogen and oxygen atoms in total. The molecule has 0 aromatic carbocycles. The number of hydrogen-bond acceptors (Lipinski definition) is 0. The quantitative estimate of drug-likeness (QED) is 0.280. The summed E-state index contributed by atoms with van der Waals surface area (Å²) >= 11 is 0. The molecule has 2 N–H and O–H groups in total. The molecule has 0 saturated heterocycles. The van der Waals surface area contributed by atoms with E-state index in [0.29, 0.717) is 0 Å². The second-order valence-electron chi connectivity index (χ2n) is 0. The van der Waals surface area contributed by atoms with Crippen molar-refractivity contribution in [3.05, 3.63) is 0 Å². The van der Waals surface area contributed by atoms with Crippen LogP contribution in [0.15, 0.2) is 0 Å². The fourth-order valence-electron chi connectivity index (χ4n) is 0. The van der Waals surface area contributed by atoms with Crippen molar-refractivity contribution < 1.29 is 114 Å². The fraction of sp³-hybridized carbons (Fsp3) is 0. The second kappa shape index (κ2) is 16.4. The van der Waals surface area contributed by atoms with E-state index in [1.165, 1.54) is 0 Å². The van der Waals surface area contributed by atoms with Crippen molar-refractivity contribution in [2.75, 3.05) is 0 Å². The molecule has 4 heavy (non-hydrogen) atoms. The normalized spacial score (nSPS) is 0. The van der Waals surface area contributed by atoms with Crippen molar-refractivity contribution in [2.24, 2.45) is 0 Å². The first kappa shape index (κ1) is 27.1. The maximum absolute atomic E-state index is 0. The third-order valence-corrected chi connectivity index (χ3v) is 0. The Morgan fingerprint density at radius 1 is 0.750 bits per heavy atom. The van der Waals surface area contributed by atoms with Crippen LogP contribution in [0, 0.1) is 0 Å². The monoisotopic (exact) mass is 112 g/mol. The molecule has 0 spiro atoms. The molecular formula is H2K2O2. The van der Waals surface area contributed by atoms with Gasteiger partial charge in [-0.3, -0.25) is 0 Å². The van der Waals surface area contributed by atoms with Crippen LogP contribution in [0.2, 0.25) is 0 Å². The van der Waals surface area contributed by atoms with Crippen LogP contribution in [0.5, 0.6) is 0 Å². The molecule has 0 fully saturated rings. The Morgan fingerprint density at radius 2 is 0.750 bits per heavy atom. The Hall–Kier alpha value is 3.19. The van der Waals surface area contributed by atoms with E-state index in [0.717, 1.165) is 0 Å². The predicted octanol–water partition coefficient (Wildman–Crippen LogP) is -6.94. The average molecular weight is 112 g/mol. The maximum atomic E-state index is 0. The molecule has 0 radical (unpaired) electrons. The van der Waals surface area contributed by atoms with Gasteiger partial charge in [-0.2, -0.15) is 0 Å². The Bertz CT molecular complexity index is 4.00. The van der Waals surface area contributed by atoms with Gasteiger partial charge in [0.25, 0.3) is 0 Å². The van der Waals surface area contributed by atoms with E-state index >= 15 is 0 Å². The molecule has 0 atom stereocenters. The van der Waals surface area contributed by atoms with Crippen LogP contribution in [0.3, 0.4) is 0 Å². The van der Waals surface area contributed by atoms with Crippen molar-refractivity contribution in [1.82, 2.24) is 0 Å². The molecule has 0 saturated carbocycles. The zero-order chi connectivity index (χ0) is 0. The molecule has 0 bridgehead atoms. The molecule has 0 heterocycles. The van der Waals surface area contributed by atoms with E-state index in [1.54, 1.807) is 0 Å². The molecule has 0 aliphatic carbocycles. The van der Waals surface area contributed by atoms with Crippen molar-refractivity contribution >= 4 is 0 Å². The Morgan fingerprint density at radius 3 is 0.750 bits per heavy atom. The summed E-state index contributed by atoms with van der Waals surface area (Å²) in [5.74, 6) is 0. The van der Waals surface area contributed by atoms with Gasteiger partial charge in [0, 0.05) is 0 Å². The van der Waals surface area contributed by atoms with Gasteiger partial charge in [-0.25, -0.2) is 0 Å². The van der Waals surface area contributed by atoms with Gasteiger partial charge < -0.3 is 11.0 Å². The zero-order valence-corrected chi connectivity index (χ0v) is 9.15. The van der Waals surface area contributed by atoms with E-state index in [2.05, 4.69) is 0 Å². The Balaban J connectivity index is 0. The average Bonchev–Trinajstić information content (AvgIpc) is 0. The fourth-order valence-corrected chi connectivity index (χ4v) is 0. The SMILES string of the molecule is O.[K+].[K+].[O-2]. The number of hydrogen-bond donors (Lipinski definition) is 0. The minimum atomic E-state index is 0. The molecule has 0 amide bonds. The molecule has 0 aliphatic rings. The van der Waals surface area contributed by atoms with E-state index in [9.17, 15) is 0 Å². The first-order valence-electron chi connectivity index (χ1n) is 0. The number of rotatable bonds is 0. The van der Waals surface area contributed by atoms with E-state index in [1.807, 2.05) is 0 Å². The van der Waals surface area contributed by atoms with E-state index in [-0.39, 0.29) is 114 Å². The van der Waals surface area contributed by atoms with Crippen LogP contribution < -0.4 is 103 Å². The molecule has 16 valence electrons. The van der Waals surface area contributed by atoms with Gasteiger partial charge in [0.2, 0.25) is 0 Å². The van der Waals surface area contributed by atoms with Crippen molar-refractivity contribution in [2.45, 2.75) is 0 Å². The minimum Gasteiger partial charge on any atom is -2.00 e. The van der Waals surface area contributed by atoms with Crippen LogP contribution in [0.25, 0.3) is 0 Å². The van der Waals surface area contributed by atoms with Gasteiger partial charge in [0.15, 0.2) is 0 Å². The summed E-state index contributed by atoms with van der Waals surface area (Å²) in [5.41, 5.74) is 0. The maximum Gasteiger partial charge on any atom is 1.00 e. The summed E-state index contributed by atoms with van der Waals surface area (Å²) in [4.78, 5) is 0. The van der Waals surface area contributed by atoms with Crippen LogP contribution in [0.1, 0.15) is 0 Å². The summed E-state index contributed by atoms with van der Waals surface area (Å²) < 4.78 is 0. The van der Waals surface area contributed by atoms with E-state index < -0.39 is 0 Å². The molecule has 0 rings (SSSR count). The Labute approximate surface area is 110 Å². The standard InChI is InChI=1S/2K.H2O.O/h;;1H2;/q2*+1;;-2. The van der Waals surface area contributed by atoms with Crippen LogP contribution in [-0.4, -0.2) is 5.48 Å². The van der Waals surface area contributed by atoms with Gasteiger partial charge in [0.05, 0.1) is 0 Å². The van der Waals surface area contributed by atoms with Crippen LogP contribution in [-0.2, 0) is 5.48 Å². The topological polar surface area (TPSA) is 60.0 Å². The smallest absolute Gasteiger partial charge is 1.00 e. The summed E-state index contributed by atoms with van der Waals surface area (Å²) in [5, 5.41) is 0. The third kappa shape index (κ3) is 8.95. The molecule has 0 aromatic rings.